The van der Waals surface area contributed by atoms with Crippen molar-refractivity contribution in [1.29, 1.82) is 0 Å². The normalized spacial score (nSPS) is 16.3. The van der Waals surface area contributed by atoms with Crippen molar-refractivity contribution in [3.05, 3.63) is 53.6 Å². The smallest absolute Gasteiger partial charge is 0.242 e. The number of hydrogen-bond acceptors (Lipinski definition) is 4. The molecule has 0 saturated heterocycles. The molecule has 3 rings (SSSR count). The topological polar surface area (TPSA) is 95.6 Å². The summed E-state index contributed by atoms with van der Waals surface area (Å²) in [4.78, 5) is 24.9. The summed E-state index contributed by atoms with van der Waals surface area (Å²) in [5.74, 6) is -0.594. The minimum atomic E-state index is -3.59. The SMILES string of the molecule is Cc1ccc(S(=O)(=O)N(C)C)cc1NC(=O)CCC1Cc2ccccc2NC1=O. The molecule has 2 N–H and O–H groups in total. The molecule has 8 heteroatoms. The lowest BCUT2D eigenvalue weighted by atomic mass is 9.89. The number of benzene rings is 2. The molecule has 0 aromatic heterocycles. The van der Waals surface area contributed by atoms with Crippen molar-refractivity contribution in [3.8, 4) is 0 Å². The van der Waals surface area contributed by atoms with Gasteiger partial charge in [0.15, 0.2) is 0 Å². The molecule has 2 amide bonds. The molecule has 154 valence electrons. The molecule has 0 aliphatic carbocycles. The van der Waals surface area contributed by atoms with Crippen LogP contribution in [0.25, 0.3) is 0 Å². The molecule has 0 bridgehead atoms. The minimum absolute atomic E-state index is 0.0771. The molecule has 0 spiro atoms. The van der Waals surface area contributed by atoms with Crippen molar-refractivity contribution >= 4 is 33.2 Å². The highest BCUT2D eigenvalue weighted by molar-refractivity contribution is 7.89. The van der Waals surface area contributed by atoms with Gasteiger partial charge in [0.05, 0.1) is 4.90 Å². The van der Waals surface area contributed by atoms with Crippen molar-refractivity contribution in [2.24, 2.45) is 5.92 Å². The maximum atomic E-state index is 12.5. The van der Waals surface area contributed by atoms with Crippen molar-refractivity contribution in [1.82, 2.24) is 4.31 Å². The van der Waals surface area contributed by atoms with Crippen molar-refractivity contribution in [3.63, 3.8) is 0 Å². The summed E-state index contributed by atoms with van der Waals surface area (Å²) in [6, 6.07) is 12.3. The lowest BCUT2D eigenvalue weighted by molar-refractivity contribution is -0.121. The Morgan fingerprint density at radius 1 is 1.21 bits per heavy atom. The zero-order valence-electron chi connectivity index (χ0n) is 16.7. The Balaban J connectivity index is 1.65. The maximum absolute atomic E-state index is 12.5. The van der Waals surface area contributed by atoms with E-state index in [0.717, 1.165) is 21.1 Å². The largest absolute Gasteiger partial charge is 0.326 e. The average molecular weight is 416 g/mol. The Hall–Kier alpha value is -2.71. The number of anilines is 2. The van der Waals surface area contributed by atoms with Crippen LogP contribution in [0, 0.1) is 12.8 Å². The van der Waals surface area contributed by atoms with Crippen LogP contribution in [0.3, 0.4) is 0 Å². The van der Waals surface area contributed by atoms with E-state index < -0.39 is 10.0 Å². The Bertz CT molecular complexity index is 1050. The first kappa shape index (κ1) is 21.0. The minimum Gasteiger partial charge on any atom is -0.326 e. The number of hydrogen-bond donors (Lipinski definition) is 2. The van der Waals surface area contributed by atoms with Crippen LogP contribution < -0.4 is 10.6 Å². The molecule has 0 saturated carbocycles. The number of fused-ring (bicyclic) bond motifs is 1. The molecular weight excluding hydrogens is 390 g/mol. The first-order valence-corrected chi connectivity index (χ1v) is 10.8. The van der Waals surface area contributed by atoms with Gasteiger partial charge in [0.25, 0.3) is 0 Å². The number of para-hydroxylation sites is 1. The summed E-state index contributed by atoms with van der Waals surface area (Å²) in [6.07, 6.45) is 1.19. The fourth-order valence-corrected chi connectivity index (χ4v) is 4.20. The molecular formula is C21H25N3O4S. The van der Waals surface area contributed by atoms with Crippen LogP contribution in [0.1, 0.15) is 24.0 Å². The average Bonchev–Trinajstić information content (AvgIpc) is 2.67. The van der Waals surface area contributed by atoms with Crippen molar-refractivity contribution in [2.75, 3.05) is 24.7 Å². The Morgan fingerprint density at radius 3 is 2.66 bits per heavy atom. The quantitative estimate of drug-likeness (QED) is 0.758. The summed E-state index contributed by atoms with van der Waals surface area (Å²) < 4.78 is 25.8. The molecule has 0 radical (unpaired) electrons. The number of sulfonamides is 1. The van der Waals surface area contributed by atoms with Gasteiger partial charge in [-0.1, -0.05) is 24.3 Å². The van der Waals surface area contributed by atoms with E-state index in [1.807, 2.05) is 24.3 Å². The van der Waals surface area contributed by atoms with Crippen LogP contribution in [0.5, 0.6) is 0 Å². The number of nitrogens with zero attached hydrogens (tertiary/aromatic N) is 1. The van der Waals surface area contributed by atoms with Crippen LogP contribution in [0.15, 0.2) is 47.4 Å². The number of aryl methyl sites for hydroxylation is 1. The Morgan fingerprint density at radius 2 is 1.93 bits per heavy atom. The number of rotatable bonds is 6. The highest BCUT2D eigenvalue weighted by Crippen LogP contribution is 2.28. The van der Waals surface area contributed by atoms with Gasteiger partial charge in [0.1, 0.15) is 0 Å². The van der Waals surface area contributed by atoms with E-state index in [4.69, 9.17) is 0 Å². The second-order valence-corrected chi connectivity index (χ2v) is 9.55. The van der Waals surface area contributed by atoms with Gasteiger partial charge < -0.3 is 10.6 Å². The van der Waals surface area contributed by atoms with E-state index in [-0.39, 0.29) is 29.0 Å². The first-order chi connectivity index (χ1) is 13.7. The summed E-state index contributed by atoms with van der Waals surface area (Å²) in [5, 5.41) is 5.67. The fraction of sp³-hybridized carbons (Fsp3) is 0.333. The van der Waals surface area contributed by atoms with Gasteiger partial charge in [-0.3, -0.25) is 9.59 Å². The highest BCUT2D eigenvalue weighted by atomic mass is 32.2. The van der Waals surface area contributed by atoms with Crippen molar-refractivity contribution < 1.29 is 18.0 Å². The van der Waals surface area contributed by atoms with Gasteiger partial charge in [-0.25, -0.2) is 12.7 Å². The van der Waals surface area contributed by atoms with Gasteiger partial charge in [-0.05, 0) is 49.1 Å². The van der Waals surface area contributed by atoms with E-state index in [0.29, 0.717) is 18.5 Å². The van der Waals surface area contributed by atoms with E-state index in [1.165, 1.54) is 26.2 Å². The standard InChI is InChI=1S/C21H25N3O4S/c1-14-8-10-17(29(27,28)24(2)3)13-19(14)22-20(25)11-9-16-12-15-6-4-5-7-18(15)23-21(16)26/h4-8,10,13,16H,9,11-12H2,1-3H3,(H,22,25)(H,23,26). The molecule has 1 aliphatic heterocycles. The molecule has 29 heavy (non-hydrogen) atoms. The van der Waals surface area contributed by atoms with E-state index in [2.05, 4.69) is 10.6 Å². The van der Waals surface area contributed by atoms with Gasteiger partial charge in [-0.15, -0.1) is 0 Å². The van der Waals surface area contributed by atoms with Gasteiger partial charge in [0.2, 0.25) is 21.8 Å². The monoisotopic (exact) mass is 415 g/mol. The zero-order chi connectivity index (χ0) is 21.2. The lowest BCUT2D eigenvalue weighted by Gasteiger charge is -2.24. The second kappa shape index (κ2) is 8.34. The van der Waals surface area contributed by atoms with E-state index in [1.54, 1.807) is 13.0 Å². The van der Waals surface area contributed by atoms with E-state index in [9.17, 15) is 18.0 Å². The lowest BCUT2D eigenvalue weighted by Crippen LogP contribution is -2.30. The Kier molecular flexibility index (Phi) is 6.04. The van der Waals surface area contributed by atoms with Crippen LogP contribution in [0.4, 0.5) is 11.4 Å². The van der Waals surface area contributed by atoms with Crippen molar-refractivity contribution in [2.45, 2.75) is 31.1 Å². The zero-order valence-corrected chi connectivity index (χ0v) is 17.5. The molecule has 0 fully saturated rings. The predicted octanol–water partition coefficient (Wildman–Crippen LogP) is 2.78. The fourth-order valence-electron chi connectivity index (χ4n) is 3.27. The molecule has 1 unspecified atom stereocenters. The molecule has 1 heterocycles. The molecule has 1 aliphatic rings. The summed E-state index contributed by atoms with van der Waals surface area (Å²) >= 11 is 0. The predicted molar refractivity (Wildman–Crippen MR) is 112 cm³/mol. The van der Waals surface area contributed by atoms with Crippen LogP contribution in [-0.4, -0.2) is 38.6 Å². The van der Waals surface area contributed by atoms with Gasteiger partial charge >= 0.3 is 0 Å². The Labute approximate surface area is 171 Å². The first-order valence-electron chi connectivity index (χ1n) is 9.40. The van der Waals surface area contributed by atoms with Crippen LogP contribution in [0.2, 0.25) is 0 Å². The third kappa shape index (κ3) is 4.65. The summed E-state index contributed by atoms with van der Waals surface area (Å²) in [6.45, 7) is 1.80. The number of carbonyl (C=O) groups is 2. The van der Waals surface area contributed by atoms with Gasteiger partial charge in [0, 0.05) is 37.8 Å². The molecule has 2 aromatic carbocycles. The summed E-state index contributed by atoms with van der Waals surface area (Å²) in [7, 11) is -0.670. The third-order valence-electron chi connectivity index (χ3n) is 5.09. The number of carbonyl (C=O) groups excluding carboxylic acids is 2. The molecule has 7 nitrogen and oxygen atoms in total. The van der Waals surface area contributed by atoms with E-state index >= 15 is 0 Å². The second-order valence-electron chi connectivity index (χ2n) is 7.40. The molecule has 1 atom stereocenters. The number of amides is 2. The third-order valence-corrected chi connectivity index (χ3v) is 6.90. The molecule has 2 aromatic rings. The number of nitrogens with one attached hydrogen (secondary N) is 2. The van der Waals surface area contributed by atoms with Gasteiger partial charge in [-0.2, -0.15) is 0 Å². The highest BCUT2D eigenvalue weighted by Gasteiger charge is 2.26. The maximum Gasteiger partial charge on any atom is 0.242 e. The van der Waals surface area contributed by atoms with Crippen LogP contribution >= 0.6 is 0 Å². The summed E-state index contributed by atoms with van der Waals surface area (Å²) in [5.41, 5.74) is 3.11. The van der Waals surface area contributed by atoms with Crippen LogP contribution in [-0.2, 0) is 26.0 Å².